The van der Waals surface area contributed by atoms with E-state index in [-0.39, 0.29) is 0 Å². The topological polar surface area (TPSA) is 72.2 Å². The second-order valence-electron chi connectivity index (χ2n) is 6.15. The average Bonchev–Trinajstić information content (AvgIpc) is 2.50. The summed E-state index contributed by atoms with van der Waals surface area (Å²) in [6, 6.07) is 8.52. The molecule has 0 radical (unpaired) electrons. The molecule has 0 fully saturated rings. The quantitative estimate of drug-likeness (QED) is 0.493. The number of hydrogen-bond donors (Lipinski definition) is 2. The predicted molar refractivity (Wildman–Crippen MR) is 103 cm³/mol. The van der Waals surface area contributed by atoms with Crippen LogP contribution >= 0.6 is 0 Å². The minimum atomic E-state index is -2.09. The minimum absolute atomic E-state index is 0.479. The van der Waals surface area contributed by atoms with Gasteiger partial charge in [0.1, 0.15) is 0 Å². The lowest BCUT2D eigenvalue weighted by Crippen LogP contribution is -2.05. The van der Waals surface area contributed by atoms with Gasteiger partial charge in [-0.3, -0.25) is 0 Å². The second kappa shape index (κ2) is 7.53. The van der Waals surface area contributed by atoms with Gasteiger partial charge in [-0.05, 0) is 91.8 Å². The van der Waals surface area contributed by atoms with Gasteiger partial charge in [-0.1, -0.05) is 0 Å². The van der Waals surface area contributed by atoms with Gasteiger partial charge >= 0.3 is 0 Å². The molecule has 0 unspecified atom stereocenters. The molecule has 5 heteroatoms. The number of hydrogen-bond acceptors (Lipinski definition) is 4. The lowest BCUT2D eigenvalue weighted by molar-refractivity contribution is 0.627. The Labute approximate surface area is 145 Å². The SMILES string of the molecule is Cc1cc(-c2cc(C)c(NCCC=S(=O)=O)c(C)c2)cc(C)c1N. The van der Waals surface area contributed by atoms with Crippen molar-refractivity contribution in [2.75, 3.05) is 17.6 Å². The van der Waals surface area contributed by atoms with E-state index >= 15 is 0 Å². The fourth-order valence-electron chi connectivity index (χ4n) is 2.90. The Bertz CT molecular complexity index is 846. The van der Waals surface area contributed by atoms with Crippen molar-refractivity contribution in [3.05, 3.63) is 46.5 Å². The highest BCUT2D eigenvalue weighted by Crippen LogP contribution is 2.31. The van der Waals surface area contributed by atoms with Crippen LogP contribution in [-0.2, 0) is 10.3 Å². The van der Waals surface area contributed by atoms with Crippen LogP contribution in [0.4, 0.5) is 11.4 Å². The van der Waals surface area contributed by atoms with E-state index in [1.165, 1.54) is 5.37 Å². The Morgan fingerprint density at radius 1 is 0.917 bits per heavy atom. The molecule has 24 heavy (non-hydrogen) atoms. The molecule has 0 bridgehead atoms. The van der Waals surface area contributed by atoms with Gasteiger partial charge in [0.2, 0.25) is 10.3 Å². The largest absolute Gasteiger partial charge is 0.398 e. The molecule has 0 aliphatic heterocycles. The third kappa shape index (κ3) is 4.17. The maximum Gasteiger partial charge on any atom is 0.210 e. The fourth-order valence-corrected chi connectivity index (χ4v) is 3.21. The highest BCUT2D eigenvalue weighted by molar-refractivity contribution is 7.71. The zero-order valence-electron chi connectivity index (χ0n) is 14.6. The number of nitrogens with one attached hydrogen (secondary N) is 1. The molecule has 0 spiro atoms. The molecule has 0 aromatic heterocycles. The van der Waals surface area contributed by atoms with E-state index < -0.39 is 10.3 Å². The first-order chi connectivity index (χ1) is 11.3. The Morgan fingerprint density at radius 2 is 1.38 bits per heavy atom. The van der Waals surface area contributed by atoms with Gasteiger partial charge in [-0.25, -0.2) is 0 Å². The van der Waals surface area contributed by atoms with Gasteiger partial charge in [0.25, 0.3) is 0 Å². The molecule has 2 rings (SSSR count). The molecule has 3 N–H and O–H groups in total. The predicted octanol–water partition coefficient (Wildman–Crippen LogP) is 3.65. The Morgan fingerprint density at radius 3 is 1.83 bits per heavy atom. The van der Waals surface area contributed by atoms with Crippen LogP contribution in [0.3, 0.4) is 0 Å². The molecule has 4 nitrogen and oxygen atoms in total. The van der Waals surface area contributed by atoms with Crippen LogP contribution < -0.4 is 11.1 Å². The normalized spacial score (nSPS) is 10.5. The van der Waals surface area contributed by atoms with Crippen molar-refractivity contribution in [1.82, 2.24) is 0 Å². The molecule has 0 aliphatic carbocycles. The maximum absolute atomic E-state index is 10.5. The summed E-state index contributed by atoms with van der Waals surface area (Å²) in [5.74, 6) is 0. The van der Waals surface area contributed by atoms with E-state index in [4.69, 9.17) is 5.73 Å². The first-order valence-electron chi connectivity index (χ1n) is 7.93. The number of nitrogens with two attached hydrogens (primary N) is 1. The lowest BCUT2D eigenvalue weighted by Gasteiger charge is -2.16. The third-order valence-corrected chi connectivity index (χ3v) is 4.67. The molecular formula is C19H24N2O2S. The van der Waals surface area contributed by atoms with Crippen molar-refractivity contribution in [2.45, 2.75) is 34.1 Å². The van der Waals surface area contributed by atoms with Gasteiger partial charge in [0, 0.05) is 23.3 Å². The zero-order valence-corrected chi connectivity index (χ0v) is 15.4. The van der Waals surface area contributed by atoms with Gasteiger partial charge in [-0.15, -0.1) is 0 Å². The molecule has 0 aliphatic rings. The fraction of sp³-hybridized carbons (Fsp3) is 0.316. The summed E-state index contributed by atoms with van der Waals surface area (Å²) >= 11 is 0. The average molecular weight is 344 g/mol. The smallest absolute Gasteiger partial charge is 0.210 e. The van der Waals surface area contributed by atoms with Crippen LogP contribution in [0.15, 0.2) is 24.3 Å². The minimum Gasteiger partial charge on any atom is -0.398 e. The molecule has 0 saturated carbocycles. The summed E-state index contributed by atoms with van der Waals surface area (Å²) in [5, 5.41) is 4.59. The van der Waals surface area contributed by atoms with Crippen molar-refractivity contribution in [1.29, 1.82) is 0 Å². The van der Waals surface area contributed by atoms with Crippen LogP contribution in [0.25, 0.3) is 11.1 Å². The Kier molecular flexibility index (Phi) is 5.67. The molecule has 2 aromatic carbocycles. The summed E-state index contributed by atoms with van der Waals surface area (Å²) < 4.78 is 21.1. The van der Waals surface area contributed by atoms with Gasteiger partial charge in [0.15, 0.2) is 0 Å². The van der Waals surface area contributed by atoms with E-state index in [1.54, 1.807) is 0 Å². The van der Waals surface area contributed by atoms with Crippen molar-refractivity contribution in [3.8, 4) is 11.1 Å². The Hall–Kier alpha value is -2.27. The summed E-state index contributed by atoms with van der Waals surface area (Å²) in [5.41, 5.74) is 14.7. The van der Waals surface area contributed by atoms with Crippen LogP contribution in [-0.4, -0.2) is 20.3 Å². The van der Waals surface area contributed by atoms with Crippen molar-refractivity contribution >= 4 is 27.0 Å². The third-order valence-electron chi connectivity index (χ3n) is 4.16. The number of rotatable bonds is 5. The first-order valence-corrected chi connectivity index (χ1v) is 9.07. The molecule has 0 atom stereocenters. The second-order valence-corrected chi connectivity index (χ2v) is 7.01. The summed E-state index contributed by atoms with van der Waals surface area (Å²) in [6.45, 7) is 8.77. The zero-order chi connectivity index (χ0) is 17.9. The lowest BCUT2D eigenvalue weighted by atomic mass is 9.95. The number of aryl methyl sites for hydroxylation is 4. The standard InChI is InChI=1S/C19H24N2O2S/c1-12-8-16(9-13(2)18(12)20)17-10-14(3)19(15(4)11-17)21-6-5-7-24(22)23/h7-11,21H,5-6,20H2,1-4H3. The van der Waals surface area contributed by atoms with Gasteiger partial charge in [0.05, 0.1) is 0 Å². The number of nitrogen functional groups attached to an aromatic ring is 1. The first kappa shape index (κ1) is 18.1. The van der Waals surface area contributed by atoms with Crippen LogP contribution in [0.2, 0.25) is 0 Å². The van der Waals surface area contributed by atoms with Gasteiger partial charge < -0.3 is 11.1 Å². The summed E-state index contributed by atoms with van der Waals surface area (Å²) in [6.07, 6.45) is 0.479. The Balaban J connectivity index is 2.31. The van der Waals surface area contributed by atoms with Crippen LogP contribution in [0.5, 0.6) is 0 Å². The van der Waals surface area contributed by atoms with Crippen molar-refractivity contribution in [3.63, 3.8) is 0 Å². The van der Waals surface area contributed by atoms with E-state index in [2.05, 4.69) is 43.4 Å². The van der Waals surface area contributed by atoms with E-state index in [0.29, 0.717) is 13.0 Å². The molecule has 0 heterocycles. The van der Waals surface area contributed by atoms with E-state index in [0.717, 1.165) is 44.8 Å². The monoisotopic (exact) mass is 344 g/mol. The number of anilines is 2. The van der Waals surface area contributed by atoms with Crippen LogP contribution in [0, 0.1) is 27.7 Å². The highest BCUT2D eigenvalue weighted by Gasteiger charge is 2.08. The van der Waals surface area contributed by atoms with Crippen molar-refractivity contribution in [2.24, 2.45) is 0 Å². The molecule has 0 saturated heterocycles. The molecular weight excluding hydrogens is 320 g/mol. The number of benzene rings is 2. The molecule has 128 valence electrons. The van der Waals surface area contributed by atoms with Crippen LogP contribution in [0.1, 0.15) is 28.7 Å². The summed E-state index contributed by atoms with van der Waals surface area (Å²) in [4.78, 5) is 0. The molecule has 0 amide bonds. The maximum atomic E-state index is 10.5. The molecule has 2 aromatic rings. The highest BCUT2D eigenvalue weighted by atomic mass is 32.2. The van der Waals surface area contributed by atoms with Crippen molar-refractivity contribution < 1.29 is 8.42 Å². The van der Waals surface area contributed by atoms with E-state index in [1.807, 2.05) is 13.8 Å². The van der Waals surface area contributed by atoms with Gasteiger partial charge in [-0.2, -0.15) is 8.42 Å². The van der Waals surface area contributed by atoms with E-state index in [9.17, 15) is 8.42 Å². The summed E-state index contributed by atoms with van der Waals surface area (Å²) in [7, 11) is -2.09.